The van der Waals surface area contributed by atoms with Gasteiger partial charge in [-0.05, 0) is 109 Å². The molecule has 3 aromatic rings. The van der Waals surface area contributed by atoms with Gasteiger partial charge >= 0.3 is 5.97 Å². The van der Waals surface area contributed by atoms with Gasteiger partial charge in [0.05, 0.1) is 0 Å². The van der Waals surface area contributed by atoms with E-state index in [1.54, 1.807) is 24.3 Å². The fourth-order valence-corrected chi connectivity index (χ4v) is 5.64. The van der Waals surface area contributed by atoms with E-state index >= 15 is 0 Å². The number of carbonyl (C=O) groups is 2. The molecule has 0 amide bonds. The Morgan fingerprint density at radius 2 is 1.79 bits per heavy atom. The van der Waals surface area contributed by atoms with Crippen molar-refractivity contribution in [2.45, 2.75) is 58.8 Å². The number of hydrogen-bond donors (Lipinski definition) is 3. The van der Waals surface area contributed by atoms with E-state index in [2.05, 4.69) is 19.2 Å². The highest BCUT2D eigenvalue weighted by Gasteiger charge is 2.34. The number of nitrogens with one attached hydrogen (secondary N) is 1. The molecule has 1 aliphatic carbocycles. The van der Waals surface area contributed by atoms with E-state index < -0.39 is 5.97 Å². The minimum atomic E-state index is -1.21. The van der Waals surface area contributed by atoms with Crippen LogP contribution in [0.1, 0.15) is 80.8 Å². The number of fused-ring (bicyclic) bond motifs is 1. The second kappa shape index (κ2) is 10.8. The lowest BCUT2D eigenvalue weighted by molar-refractivity contribution is 0.0693. The number of phenols is 1. The van der Waals surface area contributed by atoms with Crippen LogP contribution >= 0.6 is 0 Å². The fraction of sp³-hybridized carbons (Fsp3) is 0.312. The van der Waals surface area contributed by atoms with Crippen LogP contribution in [0, 0.1) is 19.7 Å². The highest BCUT2D eigenvalue weighted by atomic mass is 19.1. The van der Waals surface area contributed by atoms with Gasteiger partial charge in [-0.15, -0.1) is 0 Å². The summed E-state index contributed by atoms with van der Waals surface area (Å²) in [5, 5.41) is 22.8. The first-order valence-corrected chi connectivity index (χ1v) is 12.9. The van der Waals surface area contributed by atoms with Gasteiger partial charge in [0.1, 0.15) is 17.1 Å². The zero-order chi connectivity index (χ0) is 27.6. The molecule has 5 nitrogen and oxygen atoms in total. The number of rotatable bonds is 8. The molecule has 1 aliphatic rings. The second-order valence-electron chi connectivity index (χ2n) is 10.7. The highest BCUT2D eigenvalue weighted by molar-refractivity contribution is 6.10. The normalized spacial score (nSPS) is 14.3. The van der Waals surface area contributed by atoms with E-state index in [0.29, 0.717) is 17.7 Å². The van der Waals surface area contributed by atoms with Crippen molar-refractivity contribution in [2.75, 3.05) is 11.9 Å². The molecule has 3 N–H and O–H groups in total. The average molecular weight is 516 g/mol. The van der Waals surface area contributed by atoms with Gasteiger partial charge in [0.15, 0.2) is 5.78 Å². The molecule has 0 aliphatic heterocycles. The number of ketones is 1. The van der Waals surface area contributed by atoms with Crippen LogP contribution in [0.4, 0.5) is 10.1 Å². The van der Waals surface area contributed by atoms with E-state index in [1.165, 1.54) is 41.5 Å². The van der Waals surface area contributed by atoms with Crippen molar-refractivity contribution in [1.29, 1.82) is 0 Å². The zero-order valence-electron chi connectivity index (χ0n) is 22.3. The van der Waals surface area contributed by atoms with E-state index in [-0.39, 0.29) is 28.3 Å². The number of hydrogen-bond acceptors (Lipinski definition) is 4. The summed E-state index contributed by atoms with van der Waals surface area (Å²) in [5.41, 5.74) is 7.38. The molecule has 0 saturated heterocycles. The lowest BCUT2D eigenvalue weighted by atomic mass is 9.69. The van der Waals surface area contributed by atoms with Crippen molar-refractivity contribution >= 4 is 23.5 Å². The van der Waals surface area contributed by atoms with E-state index in [0.717, 1.165) is 48.1 Å². The Bertz CT molecular complexity index is 1420. The number of halogens is 1. The Morgan fingerprint density at radius 3 is 2.45 bits per heavy atom. The molecular weight excluding hydrogens is 481 g/mol. The first-order valence-electron chi connectivity index (χ1n) is 12.9. The smallest absolute Gasteiger partial charge is 0.339 e. The molecule has 0 radical (unpaired) electrons. The molecule has 0 bridgehead atoms. The van der Waals surface area contributed by atoms with E-state index in [1.807, 2.05) is 13.8 Å². The number of carboxylic acid groups (broad SMARTS) is 1. The molecule has 0 heterocycles. The average Bonchev–Trinajstić information content (AvgIpc) is 2.85. The summed E-state index contributed by atoms with van der Waals surface area (Å²) in [6, 6.07) is 10.7. The van der Waals surface area contributed by atoms with Crippen molar-refractivity contribution in [3.8, 4) is 5.75 Å². The molecule has 0 spiro atoms. The molecule has 4 rings (SSSR count). The van der Waals surface area contributed by atoms with Gasteiger partial charge in [-0.25, -0.2) is 9.18 Å². The van der Waals surface area contributed by atoms with Gasteiger partial charge in [0, 0.05) is 17.8 Å². The minimum Gasteiger partial charge on any atom is -0.507 e. The molecule has 0 atom stereocenters. The lowest BCUT2D eigenvalue weighted by Gasteiger charge is -2.37. The number of carboxylic acids is 1. The number of anilines is 1. The Labute approximate surface area is 223 Å². The van der Waals surface area contributed by atoms with Gasteiger partial charge in [-0.2, -0.15) is 0 Å². The van der Waals surface area contributed by atoms with Crippen molar-refractivity contribution < 1.29 is 24.2 Å². The Hall–Kier alpha value is -3.93. The number of allylic oxidation sites excluding steroid dienone is 1. The third kappa shape index (κ3) is 5.49. The molecular formula is C32H34FNO4. The minimum absolute atomic E-state index is 0.0395. The molecule has 3 aromatic carbocycles. The van der Waals surface area contributed by atoms with Gasteiger partial charge in [-0.1, -0.05) is 38.1 Å². The summed E-state index contributed by atoms with van der Waals surface area (Å²) in [7, 11) is 0. The first-order chi connectivity index (χ1) is 18.0. The number of aromatic hydroxyl groups is 1. The number of benzene rings is 3. The molecule has 38 heavy (non-hydrogen) atoms. The van der Waals surface area contributed by atoms with Crippen LogP contribution in [0.15, 0.2) is 48.5 Å². The third-order valence-corrected chi connectivity index (χ3v) is 7.59. The van der Waals surface area contributed by atoms with Crippen LogP contribution in [-0.4, -0.2) is 28.5 Å². The quantitative estimate of drug-likeness (QED) is 0.222. The summed E-state index contributed by atoms with van der Waals surface area (Å²) in [6.45, 7) is 9.15. The monoisotopic (exact) mass is 515 g/mol. The third-order valence-electron chi connectivity index (χ3n) is 7.59. The summed E-state index contributed by atoms with van der Waals surface area (Å²) >= 11 is 0. The molecule has 0 saturated carbocycles. The fourth-order valence-electron chi connectivity index (χ4n) is 5.64. The lowest BCUT2D eigenvalue weighted by Crippen LogP contribution is -2.28. The summed E-state index contributed by atoms with van der Waals surface area (Å²) in [6.07, 6.45) is 6.82. The van der Waals surface area contributed by atoms with Crippen LogP contribution in [0.3, 0.4) is 0 Å². The van der Waals surface area contributed by atoms with Crippen LogP contribution in [0.25, 0.3) is 6.08 Å². The second-order valence-corrected chi connectivity index (χ2v) is 10.7. The predicted octanol–water partition coefficient (Wildman–Crippen LogP) is 7.01. The summed E-state index contributed by atoms with van der Waals surface area (Å²) < 4.78 is 13.3. The topological polar surface area (TPSA) is 86.6 Å². The first kappa shape index (κ1) is 27.1. The molecule has 6 heteroatoms. The Morgan fingerprint density at radius 1 is 1.08 bits per heavy atom. The summed E-state index contributed by atoms with van der Waals surface area (Å²) in [4.78, 5) is 24.7. The Balaban J connectivity index is 1.69. The largest absolute Gasteiger partial charge is 0.507 e. The summed E-state index contributed by atoms with van der Waals surface area (Å²) in [5.74, 6) is -1.95. The van der Waals surface area contributed by atoms with Gasteiger partial charge in [0.2, 0.25) is 0 Å². The molecule has 198 valence electrons. The predicted molar refractivity (Wildman–Crippen MR) is 149 cm³/mol. The zero-order valence-corrected chi connectivity index (χ0v) is 22.3. The number of carbonyl (C=O) groups excluding carboxylic acids is 1. The maximum absolute atomic E-state index is 13.5. The maximum atomic E-state index is 13.5. The highest BCUT2D eigenvalue weighted by Crippen LogP contribution is 2.45. The molecule has 0 unspecified atom stereocenters. The van der Waals surface area contributed by atoms with Crippen LogP contribution in [0.2, 0.25) is 0 Å². The maximum Gasteiger partial charge on any atom is 0.339 e. The standard InChI is InChI=1S/C32H34FNO4/c1-19-24-6-5-16-32(3,4)29(24)30(34-17-15-21-7-11-23(33)12-8-21)20(2)28(19)26(35)14-10-22-9-13-25(31(37)38)27(36)18-22/h7-14,18,34,36H,5-6,15-17H2,1-4H3,(H,37,38). The van der Waals surface area contributed by atoms with Gasteiger partial charge in [-0.3, -0.25) is 4.79 Å². The van der Waals surface area contributed by atoms with Crippen LogP contribution < -0.4 is 5.32 Å². The van der Waals surface area contributed by atoms with Crippen molar-refractivity contribution in [2.24, 2.45) is 0 Å². The Kier molecular flexibility index (Phi) is 7.72. The molecule has 0 fully saturated rings. The van der Waals surface area contributed by atoms with E-state index in [4.69, 9.17) is 5.11 Å². The van der Waals surface area contributed by atoms with Crippen molar-refractivity contribution in [3.63, 3.8) is 0 Å². The van der Waals surface area contributed by atoms with Gasteiger partial charge in [0.25, 0.3) is 0 Å². The van der Waals surface area contributed by atoms with Crippen molar-refractivity contribution in [1.82, 2.24) is 0 Å². The molecule has 0 aromatic heterocycles. The van der Waals surface area contributed by atoms with Crippen LogP contribution in [0.5, 0.6) is 5.75 Å². The van der Waals surface area contributed by atoms with E-state index in [9.17, 15) is 19.1 Å². The number of aromatic carboxylic acids is 1. The SMILES string of the molecule is Cc1c2c(c(NCCc3ccc(F)cc3)c(C)c1C(=O)C=Cc1ccc(C(=O)O)c(O)c1)C(C)(C)CCC2. The van der Waals surface area contributed by atoms with Crippen molar-refractivity contribution in [3.05, 3.63) is 98.9 Å². The van der Waals surface area contributed by atoms with Gasteiger partial charge < -0.3 is 15.5 Å². The van der Waals surface area contributed by atoms with Crippen LogP contribution in [-0.2, 0) is 18.3 Å².